The first-order chi connectivity index (χ1) is 9.29. The molecule has 0 heterocycles. The van der Waals surface area contributed by atoms with Crippen molar-refractivity contribution in [3.63, 3.8) is 0 Å². The number of halogens is 3. The summed E-state index contributed by atoms with van der Waals surface area (Å²) in [6.07, 6.45) is 0. The van der Waals surface area contributed by atoms with Crippen LogP contribution in [0.2, 0.25) is 5.02 Å². The Morgan fingerprint density at radius 2 is 1.95 bits per heavy atom. The minimum Gasteiger partial charge on any atom is -0.399 e. The molecule has 0 bridgehead atoms. The first kappa shape index (κ1) is 15.1. The van der Waals surface area contributed by atoms with Crippen LogP contribution >= 0.6 is 27.5 Å². The molecule has 106 valence electrons. The first-order valence-electron chi connectivity index (χ1n) is 5.32. The number of hydrogen-bond acceptors (Lipinski definition) is 3. The number of hydrogen-bond donors (Lipinski definition) is 2. The Balaban J connectivity index is 2.43. The van der Waals surface area contributed by atoms with Gasteiger partial charge in [-0.05, 0) is 46.3 Å². The predicted octanol–water partition coefficient (Wildman–Crippen LogP) is 3.62. The first-order valence-corrected chi connectivity index (χ1v) is 7.98. The number of benzene rings is 2. The molecule has 0 atom stereocenters. The van der Waals surface area contributed by atoms with Gasteiger partial charge in [0.25, 0.3) is 10.0 Å². The quantitative estimate of drug-likeness (QED) is 0.800. The molecule has 2 aromatic rings. The Kier molecular flexibility index (Phi) is 4.22. The lowest BCUT2D eigenvalue weighted by Gasteiger charge is -2.11. The van der Waals surface area contributed by atoms with Gasteiger partial charge >= 0.3 is 0 Å². The summed E-state index contributed by atoms with van der Waals surface area (Å²) in [5.41, 5.74) is 5.71. The van der Waals surface area contributed by atoms with E-state index in [1.807, 2.05) is 0 Å². The summed E-state index contributed by atoms with van der Waals surface area (Å²) < 4.78 is 40.3. The van der Waals surface area contributed by atoms with Gasteiger partial charge in [0.05, 0.1) is 20.1 Å². The van der Waals surface area contributed by atoms with Crippen LogP contribution in [0.4, 0.5) is 15.8 Å². The Morgan fingerprint density at radius 3 is 2.60 bits per heavy atom. The van der Waals surface area contributed by atoms with Crippen molar-refractivity contribution in [2.45, 2.75) is 4.90 Å². The van der Waals surface area contributed by atoms with Gasteiger partial charge in [-0.1, -0.05) is 17.7 Å². The SMILES string of the molecule is Nc1cc(F)cc(S(=O)(=O)Nc2cccc(Cl)c2Br)c1. The molecule has 20 heavy (non-hydrogen) atoms. The molecule has 3 N–H and O–H groups in total. The molecule has 0 aromatic heterocycles. The Morgan fingerprint density at radius 1 is 1.25 bits per heavy atom. The van der Waals surface area contributed by atoms with Gasteiger partial charge in [0.15, 0.2) is 0 Å². The van der Waals surface area contributed by atoms with E-state index in [0.717, 1.165) is 12.1 Å². The molecule has 0 aliphatic heterocycles. The van der Waals surface area contributed by atoms with Crippen molar-refractivity contribution in [3.05, 3.63) is 51.7 Å². The number of rotatable bonds is 3. The van der Waals surface area contributed by atoms with Crippen molar-refractivity contribution >= 4 is 48.9 Å². The van der Waals surface area contributed by atoms with Crippen molar-refractivity contribution < 1.29 is 12.8 Å². The highest BCUT2D eigenvalue weighted by Crippen LogP contribution is 2.31. The van der Waals surface area contributed by atoms with Crippen molar-refractivity contribution in [2.24, 2.45) is 0 Å². The molecule has 2 rings (SSSR count). The maximum absolute atomic E-state index is 13.2. The smallest absolute Gasteiger partial charge is 0.262 e. The second kappa shape index (κ2) is 5.59. The predicted molar refractivity (Wildman–Crippen MR) is 80.8 cm³/mol. The molecule has 0 unspecified atom stereocenters. The van der Waals surface area contributed by atoms with E-state index >= 15 is 0 Å². The Bertz CT molecular complexity index is 748. The third kappa shape index (κ3) is 3.23. The van der Waals surface area contributed by atoms with Crippen molar-refractivity contribution in [3.8, 4) is 0 Å². The molecule has 8 heteroatoms. The summed E-state index contributed by atoms with van der Waals surface area (Å²) in [4.78, 5) is -0.262. The van der Waals surface area contributed by atoms with Gasteiger partial charge in [-0.2, -0.15) is 0 Å². The number of sulfonamides is 1. The van der Waals surface area contributed by atoms with Crippen molar-refractivity contribution in [2.75, 3.05) is 10.5 Å². The molecule has 0 saturated heterocycles. The van der Waals surface area contributed by atoms with Crippen LogP contribution in [-0.4, -0.2) is 8.42 Å². The van der Waals surface area contributed by atoms with Gasteiger partial charge in [-0.25, -0.2) is 12.8 Å². The topological polar surface area (TPSA) is 72.2 Å². The fourth-order valence-corrected chi connectivity index (χ4v) is 3.33. The van der Waals surface area contributed by atoms with Crippen molar-refractivity contribution in [1.82, 2.24) is 0 Å². The standard InChI is InChI=1S/C12H9BrClFN2O2S/c13-12-10(14)2-1-3-11(12)17-20(18,19)9-5-7(15)4-8(16)6-9/h1-6,17H,16H2. The summed E-state index contributed by atoms with van der Waals surface area (Å²) in [5, 5.41) is 0.351. The minimum atomic E-state index is -3.96. The van der Waals surface area contributed by atoms with Crippen LogP contribution in [0, 0.1) is 5.82 Å². The fraction of sp³-hybridized carbons (Fsp3) is 0. The number of nitrogens with one attached hydrogen (secondary N) is 1. The van der Waals surface area contributed by atoms with E-state index < -0.39 is 15.8 Å². The van der Waals surface area contributed by atoms with Gasteiger partial charge in [-0.3, -0.25) is 4.72 Å². The highest BCUT2D eigenvalue weighted by molar-refractivity contribution is 9.10. The van der Waals surface area contributed by atoms with Gasteiger partial charge in [-0.15, -0.1) is 0 Å². The zero-order chi connectivity index (χ0) is 14.9. The van der Waals surface area contributed by atoms with Gasteiger partial charge in [0, 0.05) is 5.69 Å². The summed E-state index contributed by atoms with van der Waals surface area (Å²) in [6.45, 7) is 0. The van der Waals surface area contributed by atoms with E-state index in [0.29, 0.717) is 9.50 Å². The molecule has 0 fully saturated rings. The lowest BCUT2D eigenvalue weighted by molar-refractivity contribution is 0.595. The Hall–Kier alpha value is -1.31. The van der Waals surface area contributed by atoms with Gasteiger partial charge in [0.1, 0.15) is 5.82 Å². The van der Waals surface area contributed by atoms with E-state index in [1.54, 1.807) is 12.1 Å². The molecule has 0 aliphatic rings. The number of nitrogens with two attached hydrogens (primary N) is 1. The highest BCUT2D eigenvalue weighted by Gasteiger charge is 2.17. The Labute approximate surface area is 128 Å². The molecular formula is C12H9BrClFN2O2S. The van der Waals surface area contributed by atoms with Crippen LogP contribution in [0.3, 0.4) is 0 Å². The molecule has 0 spiro atoms. The number of anilines is 2. The zero-order valence-electron chi connectivity index (χ0n) is 9.90. The molecule has 0 aliphatic carbocycles. The summed E-state index contributed by atoms with van der Waals surface area (Å²) in [5.74, 6) is -0.726. The monoisotopic (exact) mass is 378 g/mol. The van der Waals surface area contributed by atoms with Gasteiger partial charge in [0.2, 0.25) is 0 Å². The molecule has 4 nitrogen and oxygen atoms in total. The summed E-state index contributed by atoms with van der Waals surface area (Å²) in [6, 6.07) is 7.81. The average Bonchev–Trinajstić information content (AvgIpc) is 2.33. The minimum absolute atomic E-state index is 0.0236. The van der Waals surface area contributed by atoms with Crippen molar-refractivity contribution in [1.29, 1.82) is 0 Å². The second-order valence-electron chi connectivity index (χ2n) is 3.93. The average molecular weight is 380 g/mol. The molecular weight excluding hydrogens is 371 g/mol. The molecule has 2 aromatic carbocycles. The van der Waals surface area contributed by atoms with E-state index in [4.69, 9.17) is 17.3 Å². The van der Waals surface area contributed by atoms with Crippen LogP contribution in [0.15, 0.2) is 45.8 Å². The lowest BCUT2D eigenvalue weighted by atomic mass is 10.3. The third-order valence-electron chi connectivity index (χ3n) is 2.40. The van der Waals surface area contributed by atoms with E-state index in [2.05, 4.69) is 20.7 Å². The molecule has 0 saturated carbocycles. The van der Waals surface area contributed by atoms with Gasteiger partial charge < -0.3 is 5.73 Å². The van der Waals surface area contributed by atoms with Crippen LogP contribution < -0.4 is 10.5 Å². The van der Waals surface area contributed by atoms with E-state index in [1.165, 1.54) is 12.1 Å². The highest BCUT2D eigenvalue weighted by atomic mass is 79.9. The zero-order valence-corrected chi connectivity index (χ0v) is 13.1. The molecule has 0 amide bonds. The van der Waals surface area contributed by atoms with Crippen LogP contribution in [-0.2, 0) is 10.0 Å². The summed E-state index contributed by atoms with van der Waals surface area (Å²) >= 11 is 9.05. The summed E-state index contributed by atoms with van der Waals surface area (Å²) in [7, 11) is -3.96. The largest absolute Gasteiger partial charge is 0.399 e. The lowest BCUT2D eigenvalue weighted by Crippen LogP contribution is -2.14. The maximum atomic E-state index is 13.2. The van der Waals surface area contributed by atoms with Crippen LogP contribution in [0.5, 0.6) is 0 Å². The van der Waals surface area contributed by atoms with E-state index in [-0.39, 0.29) is 16.3 Å². The molecule has 0 radical (unpaired) electrons. The van der Waals surface area contributed by atoms with Crippen LogP contribution in [0.1, 0.15) is 0 Å². The van der Waals surface area contributed by atoms with E-state index in [9.17, 15) is 12.8 Å². The fourth-order valence-electron chi connectivity index (χ4n) is 1.53. The number of nitrogen functional groups attached to an aromatic ring is 1. The normalized spacial score (nSPS) is 11.3. The maximum Gasteiger partial charge on any atom is 0.262 e. The van der Waals surface area contributed by atoms with Crippen LogP contribution in [0.25, 0.3) is 0 Å². The third-order valence-corrected chi connectivity index (χ3v) is 5.14. The second-order valence-corrected chi connectivity index (χ2v) is 6.81.